The van der Waals surface area contributed by atoms with Crippen molar-refractivity contribution < 1.29 is 19.7 Å². The molecule has 1 aliphatic carbocycles. The van der Waals surface area contributed by atoms with E-state index in [4.69, 9.17) is 4.74 Å². The van der Waals surface area contributed by atoms with Crippen molar-refractivity contribution in [2.24, 2.45) is 5.92 Å². The molecule has 1 aromatic carbocycles. The zero-order valence-corrected chi connectivity index (χ0v) is 10.2. The van der Waals surface area contributed by atoms with E-state index in [1.54, 1.807) is 24.3 Å². The lowest BCUT2D eigenvalue weighted by Gasteiger charge is -2.25. The molecule has 0 spiro atoms. The first-order chi connectivity index (χ1) is 8.68. The van der Waals surface area contributed by atoms with Gasteiger partial charge in [-0.05, 0) is 30.9 Å². The number of ether oxygens (including phenoxy) is 1. The lowest BCUT2D eigenvalue weighted by Crippen LogP contribution is -2.42. The van der Waals surface area contributed by atoms with Crippen LogP contribution in [0.4, 0.5) is 0 Å². The van der Waals surface area contributed by atoms with Crippen molar-refractivity contribution in [3.05, 3.63) is 30.3 Å². The summed E-state index contributed by atoms with van der Waals surface area (Å²) in [6, 6.07) is 8.76. The second-order valence-electron chi connectivity index (χ2n) is 4.72. The molecular weight excluding hydrogens is 232 g/mol. The van der Waals surface area contributed by atoms with Gasteiger partial charge in [0.25, 0.3) is 0 Å². The number of para-hydroxylation sites is 1. The molecule has 98 valence electrons. The van der Waals surface area contributed by atoms with Gasteiger partial charge in [0.05, 0.1) is 0 Å². The number of carboxylic acids is 1. The molecule has 0 saturated heterocycles. The molecule has 1 aliphatic rings. The van der Waals surface area contributed by atoms with Crippen molar-refractivity contribution in [1.82, 2.24) is 0 Å². The molecule has 2 rings (SSSR count). The number of rotatable bonds is 5. The van der Waals surface area contributed by atoms with Crippen LogP contribution in [0.15, 0.2) is 30.3 Å². The minimum absolute atomic E-state index is 0.0369. The highest BCUT2D eigenvalue weighted by Crippen LogP contribution is 2.30. The van der Waals surface area contributed by atoms with E-state index in [-0.39, 0.29) is 5.92 Å². The molecule has 18 heavy (non-hydrogen) atoms. The summed E-state index contributed by atoms with van der Waals surface area (Å²) in [7, 11) is 0. The number of hydrogen-bond donors (Lipinski definition) is 2. The van der Waals surface area contributed by atoms with Crippen molar-refractivity contribution in [2.45, 2.75) is 37.9 Å². The monoisotopic (exact) mass is 250 g/mol. The Bertz CT molecular complexity index is 384. The zero-order valence-electron chi connectivity index (χ0n) is 10.2. The van der Waals surface area contributed by atoms with Crippen molar-refractivity contribution >= 4 is 5.97 Å². The molecule has 4 heteroatoms. The Labute approximate surface area is 106 Å². The van der Waals surface area contributed by atoms with Gasteiger partial charge in [-0.1, -0.05) is 31.0 Å². The molecule has 0 aromatic heterocycles. The molecule has 0 aliphatic heterocycles. The Hall–Kier alpha value is -1.55. The van der Waals surface area contributed by atoms with Gasteiger partial charge in [0.2, 0.25) is 6.10 Å². The Balaban J connectivity index is 2.05. The number of carbonyl (C=O) groups is 1. The molecular formula is C14H18O4. The summed E-state index contributed by atoms with van der Waals surface area (Å²) in [6.07, 6.45) is 1.74. The number of aliphatic carboxylic acids is 1. The summed E-state index contributed by atoms with van der Waals surface area (Å²) in [5.41, 5.74) is 0. The highest BCUT2D eigenvalue weighted by atomic mass is 16.5. The summed E-state index contributed by atoms with van der Waals surface area (Å²) in [6.45, 7) is 0. The molecule has 2 N–H and O–H groups in total. The predicted octanol–water partition coefficient (Wildman–Crippen LogP) is 2.07. The maximum absolute atomic E-state index is 11.2. The molecule has 1 fully saturated rings. The molecule has 2 unspecified atom stereocenters. The summed E-state index contributed by atoms with van der Waals surface area (Å²) < 4.78 is 5.40. The predicted molar refractivity (Wildman–Crippen MR) is 66.5 cm³/mol. The molecule has 0 amide bonds. The molecule has 0 bridgehead atoms. The first-order valence-electron chi connectivity index (χ1n) is 6.31. The van der Waals surface area contributed by atoms with Crippen molar-refractivity contribution in [3.8, 4) is 5.75 Å². The van der Waals surface area contributed by atoms with Gasteiger partial charge in [-0.25, -0.2) is 4.79 Å². The second kappa shape index (κ2) is 5.87. The second-order valence-corrected chi connectivity index (χ2v) is 4.72. The van der Waals surface area contributed by atoms with E-state index in [0.29, 0.717) is 5.75 Å². The van der Waals surface area contributed by atoms with E-state index in [2.05, 4.69) is 0 Å². The number of carboxylic acid groups (broad SMARTS) is 1. The van der Waals surface area contributed by atoms with Crippen molar-refractivity contribution in [1.29, 1.82) is 0 Å². The molecule has 4 nitrogen and oxygen atoms in total. The molecule has 1 aromatic rings. The van der Waals surface area contributed by atoms with Gasteiger partial charge in [0, 0.05) is 0 Å². The van der Waals surface area contributed by atoms with Crippen LogP contribution in [-0.4, -0.2) is 28.4 Å². The molecule has 0 heterocycles. The molecule has 1 saturated carbocycles. The van der Waals surface area contributed by atoms with Crippen molar-refractivity contribution in [3.63, 3.8) is 0 Å². The lowest BCUT2D eigenvalue weighted by atomic mass is 9.96. The van der Waals surface area contributed by atoms with E-state index >= 15 is 0 Å². The average molecular weight is 250 g/mol. The highest BCUT2D eigenvalue weighted by molar-refractivity contribution is 5.73. The topological polar surface area (TPSA) is 66.8 Å². The Morgan fingerprint density at radius 3 is 2.39 bits per heavy atom. The van der Waals surface area contributed by atoms with E-state index in [0.717, 1.165) is 25.7 Å². The standard InChI is InChI=1S/C14H18O4/c15-12(10-6-4-5-7-10)13(14(16)17)18-11-8-2-1-3-9-11/h1-3,8-10,12-13,15H,4-7H2,(H,16,17). The maximum atomic E-state index is 11.2. The number of aliphatic hydroxyl groups is 1. The van der Waals surface area contributed by atoms with E-state index in [1.807, 2.05) is 6.07 Å². The Morgan fingerprint density at radius 2 is 1.83 bits per heavy atom. The van der Waals surface area contributed by atoms with Crippen LogP contribution in [0.2, 0.25) is 0 Å². The third kappa shape index (κ3) is 3.01. The fraction of sp³-hybridized carbons (Fsp3) is 0.500. The minimum Gasteiger partial charge on any atom is -0.478 e. The quantitative estimate of drug-likeness (QED) is 0.839. The fourth-order valence-electron chi connectivity index (χ4n) is 2.46. The van der Waals surface area contributed by atoms with E-state index in [1.165, 1.54) is 0 Å². The number of benzene rings is 1. The minimum atomic E-state index is -1.18. The first kappa shape index (κ1) is 12.9. The average Bonchev–Trinajstić information content (AvgIpc) is 2.90. The fourth-order valence-corrected chi connectivity index (χ4v) is 2.46. The first-order valence-corrected chi connectivity index (χ1v) is 6.31. The SMILES string of the molecule is O=C(O)C(Oc1ccccc1)C(O)C1CCCC1. The third-order valence-electron chi connectivity index (χ3n) is 3.44. The van der Waals surface area contributed by atoms with Gasteiger partial charge in [-0.2, -0.15) is 0 Å². The van der Waals surface area contributed by atoms with Crippen LogP contribution in [0.25, 0.3) is 0 Å². The van der Waals surface area contributed by atoms with Gasteiger partial charge in [0.1, 0.15) is 11.9 Å². The van der Waals surface area contributed by atoms with Crippen molar-refractivity contribution in [2.75, 3.05) is 0 Å². The largest absolute Gasteiger partial charge is 0.478 e. The van der Waals surface area contributed by atoms with Gasteiger partial charge >= 0.3 is 5.97 Å². The zero-order chi connectivity index (χ0) is 13.0. The van der Waals surface area contributed by atoms with Crippen LogP contribution in [0, 0.1) is 5.92 Å². The van der Waals surface area contributed by atoms with Gasteiger partial charge in [-0.3, -0.25) is 0 Å². The van der Waals surface area contributed by atoms with Gasteiger partial charge in [0.15, 0.2) is 0 Å². The van der Waals surface area contributed by atoms with Crippen LogP contribution < -0.4 is 4.74 Å². The Morgan fingerprint density at radius 1 is 1.22 bits per heavy atom. The molecule has 2 atom stereocenters. The number of hydrogen-bond acceptors (Lipinski definition) is 3. The van der Waals surface area contributed by atoms with Crippen LogP contribution in [0.3, 0.4) is 0 Å². The summed E-state index contributed by atoms with van der Waals surface area (Å²) >= 11 is 0. The van der Waals surface area contributed by atoms with Crippen LogP contribution >= 0.6 is 0 Å². The summed E-state index contributed by atoms with van der Waals surface area (Å²) in [5, 5.41) is 19.3. The summed E-state index contributed by atoms with van der Waals surface area (Å²) in [4.78, 5) is 11.2. The lowest BCUT2D eigenvalue weighted by molar-refractivity contribution is -0.152. The van der Waals surface area contributed by atoms with Crippen LogP contribution in [0.1, 0.15) is 25.7 Å². The third-order valence-corrected chi connectivity index (χ3v) is 3.44. The summed E-state index contributed by atoms with van der Waals surface area (Å²) in [5.74, 6) is -0.602. The highest BCUT2D eigenvalue weighted by Gasteiger charge is 2.36. The van der Waals surface area contributed by atoms with Gasteiger partial charge < -0.3 is 14.9 Å². The van der Waals surface area contributed by atoms with Crippen LogP contribution in [-0.2, 0) is 4.79 Å². The smallest absolute Gasteiger partial charge is 0.347 e. The van der Waals surface area contributed by atoms with Gasteiger partial charge in [-0.15, -0.1) is 0 Å². The van der Waals surface area contributed by atoms with E-state index < -0.39 is 18.2 Å². The Kier molecular flexibility index (Phi) is 4.20. The normalized spacial score (nSPS) is 19.4. The number of aliphatic hydroxyl groups excluding tert-OH is 1. The molecule has 0 radical (unpaired) electrons. The van der Waals surface area contributed by atoms with E-state index in [9.17, 15) is 15.0 Å². The van der Waals surface area contributed by atoms with Crippen LogP contribution in [0.5, 0.6) is 5.75 Å². The maximum Gasteiger partial charge on any atom is 0.347 e.